The lowest BCUT2D eigenvalue weighted by molar-refractivity contribution is 0.163. The van der Waals surface area contributed by atoms with Gasteiger partial charge in [0.05, 0.1) is 6.61 Å². The summed E-state index contributed by atoms with van der Waals surface area (Å²) in [5.41, 5.74) is 0. The Morgan fingerprint density at radius 2 is 2.06 bits per heavy atom. The van der Waals surface area contributed by atoms with Gasteiger partial charge in [-0.1, -0.05) is 0 Å². The summed E-state index contributed by atoms with van der Waals surface area (Å²) in [7, 11) is 1.74. The quantitative estimate of drug-likeness (QED) is 0.847. The Labute approximate surface area is 109 Å². The van der Waals surface area contributed by atoms with Crippen LogP contribution >= 0.6 is 0 Å². The second-order valence-electron chi connectivity index (χ2n) is 4.83. The average Bonchev–Trinajstić information content (AvgIpc) is 2.41. The number of hydrogen-bond acceptors (Lipinski definition) is 5. The molecule has 0 spiro atoms. The van der Waals surface area contributed by atoms with Gasteiger partial charge in [0.2, 0.25) is 5.95 Å². The first-order valence-electron chi connectivity index (χ1n) is 6.56. The maximum absolute atomic E-state index is 5.14. The van der Waals surface area contributed by atoms with E-state index in [0.717, 1.165) is 38.5 Å². The molecule has 1 aromatic rings. The van der Waals surface area contributed by atoms with E-state index in [0.29, 0.717) is 12.1 Å². The lowest BCUT2D eigenvalue weighted by Crippen LogP contribution is -2.47. The van der Waals surface area contributed by atoms with Crippen LogP contribution in [-0.4, -0.2) is 48.9 Å². The highest BCUT2D eigenvalue weighted by Gasteiger charge is 2.21. The minimum atomic E-state index is 0.416. The number of anilines is 1. The summed E-state index contributed by atoms with van der Waals surface area (Å²) in [6.07, 6.45) is 5.86. The predicted octanol–water partition coefficient (Wildman–Crippen LogP) is 1.07. The first-order chi connectivity index (χ1) is 8.79. The zero-order valence-electron chi connectivity index (χ0n) is 11.2. The van der Waals surface area contributed by atoms with E-state index in [9.17, 15) is 0 Å². The number of piperidine rings is 1. The van der Waals surface area contributed by atoms with Gasteiger partial charge in [-0.25, -0.2) is 9.97 Å². The fraction of sp³-hybridized carbons (Fsp3) is 0.692. The number of ether oxygens (including phenoxy) is 1. The second-order valence-corrected chi connectivity index (χ2v) is 4.83. The van der Waals surface area contributed by atoms with Crippen molar-refractivity contribution in [1.82, 2.24) is 15.3 Å². The van der Waals surface area contributed by atoms with Crippen LogP contribution in [0.4, 0.5) is 5.95 Å². The lowest BCUT2D eigenvalue weighted by atomic mass is 10.0. The highest BCUT2D eigenvalue weighted by Crippen LogP contribution is 2.15. The molecule has 0 aliphatic carbocycles. The molecule has 1 aliphatic rings. The fourth-order valence-electron chi connectivity index (χ4n) is 2.40. The van der Waals surface area contributed by atoms with Crippen molar-refractivity contribution in [2.45, 2.75) is 31.8 Å². The first kappa shape index (κ1) is 13.2. The van der Waals surface area contributed by atoms with E-state index >= 15 is 0 Å². The van der Waals surface area contributed by atoms with E-state index in [1.165, 1.54) is 0 Å². The summed E-state index contributed by atoms with van der Waals surface area (Å²) in [5.74, 6) is 0.848. The van der Waals surface area contributed by atoms with Gasteiger partial charge < -0.3 is 15.0 Å². The normalized spacial score (nSPS) is 18.9. The van der Waals surface area contributed by atoms with Crippen molar-refractivity contribution in [3.63, 3.8) is 0 Å². The van der Waals surface area contributed by atoms with Crippen molar-refractivity contribution in [3.05, 3.63) is 18.5 Å². The van der Waals surface area contributed by atoms with Crippen LogP contribution < -0.4 is 10.2 Å². The zero-order chi connectivity index (χ0) is 12.8. The minimum Gasteiger partial charge on any atom is -0.383 e. The van der Waals surface area contributed by atoms with E-state index in [4.69, 9.17) is 4.74 Å². The molecule has 1 saturated heterocycles. The van der Waals surface area contributed by atoms with Gasteiger partial charge in [-0.3, -0.25) is 0 Å². The Hall–Kier alpha value is -1.20. The summed E-state index contributed by atoms with van der Waals surface area (Å²) >= 11 is 0. The maximum atomic E-state index is 5.14. The molecule has 100 valence electrons. The van der Waals surface area contributed by atoms with Crippen LogP contribution in [0.1, 0.15) is 19.8 Å². The van der Waals surface area contributed by atoms with Gasteiger partial charge >= 0.3 is 0 Å². The van der Waals surface area contributed by atoms with E-state index < -0.39 is 0 Å². The summed E-state index contributed by atoms with van der Waals surface area (Å²) in [6, 6.07) is 2.85. The van der Waals surface area contributed by atoms with Gasteiger partial charge in [-0.15, -0.1) is 0 Å². The summed E-state index contributed by atoms with van der Waals surface area (Å²) in [6.45, 7) is 4.96. The molecule has 18 heavy (non-hydrogen) atoms. The molecule has 0 amide bonds. The summed E-state index contributed by atoms with van der Waals surface area (Å²) in [5, 5.41) is 3.60. The van der Waals surface area contributed by atoms with Gasteiger partial charge in [0.15, 0.2) is 0 Å². The Kier molecular flexibility index (Phi) is 4.90. The number of hydrogen-bond donors (Lipinski definition) is 1. The van der Waals surface area contributed by atoms with Gasteiger partial charge in [0.25, 0.3) is 0 Å². The van der Waals surface area contributed by atoms with E-state index in [-0.39, 0.29) is 0 Å². The first-order valence-corrected chi connectivity index (χ1v) is 6.56. The molecule has 0 saturated carbocycles. The van der Waals surface area contributed by atoms with Gasteiger partial charge in [-0.05, 0) is 25.8 Å². The molecule has 1 aromatic heterocycles. The third-order valence-electron chi connectivity index (χ3n) is 3.27. The molecule has 0 radical (unpaired) electrons. The van der Waals surface area contributed by atoms with Crippen molar-refractivity contribution in [1.29, 1.82) is 0 Å². The van der Waals surface area contributed by atoms with Gasteiger partial charge in [0.1, 0.15) is 0 Å². The molecule has 1 unspecified atom stereocenters. The van der Waals surface area contributed by atoms with Crippen LogP contribution in [0.15, 0.2) is 18.5 Å². The van der Waals surface area contributed by atoms with E-state index in [1.807, 2.05) is 6.07 Å². The standard InChI is InChI=1S/C13H22N4O/c1-11(10-18-2)16-12-4-8-17(9-5-12)13-14-6-3-7-15-13/h3,6-7,11-12,16H,4-5,8-10H2,1-2H3. The topological polar surface area (TPSA) is 50.3 Å². The molecular weight excluding hydrogens is 228 g/mol. The Balaban J connectivity index is 1.78. The van der Waals surface area contributed by atoms with E-state index in [1.54, 1.807) is 19.5 Å². The van der Waals surface area contributed by atoms with Gasteiger partial charge in [0, 0.05) is 44.7 Å². The van der Waals surface area contributed by atoms with Crippen LogP contribution in [0.3, 0.4) is 0 Å². The van der Waals surface area contributed by atoms with Crippen LogP contribution in [0.5, 0.6) is 0 Å². The molecule has 5 nitrogen and oxygen atoms in total. The molecule has 0 bridgehead atoms. The highest BCUT2D eigenvalue weighted by atomic mass is 16.5. The summed E-state index contributed by atoms with van der Waals surface area (Å²) in [4.78, 5) is 10.8. The molecule has 5 heteroatoms. The number of methoxy groups -OCH3 is 1. The molecule has 1 atom stereocenters. The second kappa shape index (κ2) is 6.66. The molecule has 1 fully saturated rings. The van der Waals surface area contributed by atoms with Crippen molar-refractivity contribution in [2.24, 2.45) is 0 Å². The zero-order valence-corrected chi connectivity index (χ0v) is 11.2. The average molecular weight is 250 g/mol. The Morgan fingerprint density at radius 1 is 1.39 bits per heavy atom. The van der Waals surface area contributed by atoms with Crippen molar-refractivity contribution < 1.29 is 4.74 Å². The number of nitrogens with zero attached hydrogens (tertiary/aromatic N) is 3. The molecule has 2 heterocycles. The fourth-order valence-corrected chi connectivity index (χ4v) is 2.40. The highest BCUT2D eigenvalue weighted by molar-refractivity contribution is 5.29. The Bertz CT molecular complexity index is 338. The van der Waals surface area contributed by atoms with Crippen LogP contribution in [-0.2, 0) is 4.74 Å². The van der Waals surface area contributed by atoms with Crippen molar-refractivity contribution in [3.8, 4) is 0 Å². The SMILES string of the molecule is COCC(C)NC1CCN(c2ncccn2)CC1. The third kappa shape index (κ3) is 3.65. The molecular formula is C13H22N4O. The Morgan fingerprint density at radius 3 is 2.67 bits per heavy atom. The minimum absolute atomic E-state index is 0.416. The monoisotopic (exact) mass is 250 g/mol. The van der Waals surface area contributed by atoms with Gasteiger partial charge in [-0.2, -0.15) is 0 Å². The number of aromatic nitrogens is 2. The van der Waals surface area contributed by atoms with Crippen molar-refractivity contribution in [2.75, 3.05) is 31.7 Å². The molecule has 1 N–H and O–H groups in total. The van der Waals surface area contributed by atoms with E-state index in [2.05, 4.69) is 27.1 Å². The smallest absolute Gasteiger partial charge is 0.225 e. The number of nitrogens with one attached hydrogen (secondary N) is 1. The van der Waals surface area contributed by atoms with Crippen LogP contribution in [0.25, 0.3) is 0 Å². The lowest BCUT2D eigenvalue weighted by Gasteiger charge is -2.33. The van der Waals surface area contributed by atoms with Crippen molar-refractivity contribution >= 4 is 5.95 Å². The molecule has 2 rings (SSSR count). The van der Waals surface area contributed by atoms with Crippen LogP contribution in [0, 0.1) is 0 Å². The largest absolute Gasteiger partial charge is 0.383 e. The molecule has 0 aromatic carbocycles. The summed E-state index contributed by atoms with van der Waals surface area (Å²) < 4.78 is 5.14. The third-order valence-corrected chi connectivity index (χ3v) is 3.27. The predicted molar refractivity (Wildman–Crippen MR) is 71.7 cm³/mol. The maximum Gasteiger partial charge on any atom is 0.225 e. The molecule has 1 aliphatic heterocycles. The van der Waals surface area contributed by atoms with Crippen LogP contribution in [0.2, 0.25) is 0 Å². The number of rotatable bonds is 5.